The summed E-state index contributed by atoms with van der Waals surface area (Å²) in [5.74, 6) is 0.836. The molecule has 1 rings (SSSR count). The molecule has 0 atom stereocenters. The van der Waals surface area contributed by atoms with Gasteiger partial charge in [0.25, 0.3) is 0 Å². The van der Waals surface area contributed by atoms with Crippen LogP contribution in [0.2, 0.25) is 0 Å². The molecule has 0 N–H and O–H groups in total. The van der Waals surface area contributed by atoms with Crippen LogP contribution in [0.4, 0.5) is 0 Å². The van der Waals surface area contributed by atoms with Crippen LogP contribution in [0.5, 0.6) is 0 Å². The van der Waals surface area contributed by atoms with Crippen molar-refractivity contribution in [2.24, 2.45) is 5.92 Å². The van der Waals surface area contributed by atoms with Gasteiger partial charge in [-0.3, -0.25) is 0 Å². The minimum absolute atomic E-state index is 0.836. The highest BCUT2D eigenvalue weighted by Gasteiger charge is 2.19. The Morgan fingerprint density at radius 1 is 1.00 bits per heavy atom. The normalized spacial score (nSPS) is 19.9. The van der Waals surface area contributed by atoms with Crippen LogP contribution in [-0.2, 0) is 0 Å². The molecule has 1 fully saturated rings. The summed E-state index contributed by atoms with van der Waals surface area (Å²) in [4.78, 5) is 0. The van der Waals surface area contributed by atoms with E-state index in [0.29, 0.717) is 0 Å². The zero-order valence-electron chi connectivity index (χ0n) is 11.3. The average Bonchev–Trinajstić information content (AvgIpc) is 2.22. The van der Waals surface area contributed by atoms with E-state index in [-0.39, 0.29) is 0 Å². The largest absolute Gasteiger partial charge is 0.0736 e. The second-order valence-corrected chi connectivity index (χ2v) is 5.01. The summed E-state index contributed by atoms with van der Waals surface area (Å²) in [6.07, 6.45) is 13.6. The van der Waals surface area contributed by atoms with Crippen molar-refractivity contribution in [1.29, 1.82) is 0 Å². The Bertz CT molecular complexity index is 298. The molecule has 0 aromatic rings. The van der Waals surface area contributed by atoms with Gasteiger partial charge in [0.1, 0.15) is 0 Å². The van der Waals surface area contributed by atoms with Gasteiger partial charge in [0.2, 0.25) is 0 Å². The Balaban J connectivity index is 2.78. The molecule has 0 unspecified atom stereocenters. The van der Waals surface area contributed by atoms with Crippen LogP contribution in [0.3, 0.4) is 0 Å². The molecular formula is C16H26. The maximum Gasteiger partial charge on any atom is -0.0162 e. The van der Waals surface area contributed by atoms with Gasteiger partial charge < -0.3 is 0 Å². The molecule has 0 heteroatoms. The topological polar surface area (TPSA) is 0 Å². The summed E-state index contributed by atoms with van der Waals surface area (Å²) in [5.41, 5.74) is 4.53. The van der Waals surface area contributed by atoms with E-state index in [1.54, 1.807) is 5.57 Å². The van der Waals surface area contributed by atoms with Gasteiger partial charge in [-0.05, 0) is 51.0 Å². The smallest absolute Gasteiger partial charge is 0.0162 e. The number of hydrogen-bond acceptors (Lipinski definition) is 0. The van der Waals surface area contributed by atoms with E-state index in [9.17, 15) is 0 Å². The minimum atomic E-state index is 0.836. The summed E-state index contributed by atoms with van der Waals surface area (Å²) in [7, 11) is 0. The fraction of sp³-hybridized carbons (Fsp3) is 0.625. The molecule has 0 amide bonds. The van der Waals surface area contributed by atoms with E-state index in [2.05, 4.69) is 45.9 Å². The lowest BCUT2D eigenvalue weighted by Crippen LogP contribution is -2.12. The predicted molar refractivity (Wildman–Crippen MR) is 73.5 cm³/mol. The van der Waals surface area contributed by atoms with Crippen LogP contribution in [0.15, 0.2) is 34.9 Å². The maximum atomic E-state index is 2.41. The van der Waals surface area contributed by atoms with Crippen LogP contribution in [0, 0.1) is 5.92 Å². The second kappa shape index (κ2) is 6.73. The third-order valence-electron chi connectivity index (χ3n) is 3.67. The quantitative estimate of drug-likeness (QED) is 0.540. The zero-order chi connectivity index (χ0) is 12.0. The van der Waals surface area contributed by atoms with Gasteiger partial charge in [-0.25, -0.2) is 0 Å². The van der Waals surface area contributed by atoms with Crippen LogP contribution in [0.1, 0.15) is 59.8 Å². The molecule has 0 aliphatic heterocycles. The average molecular weight is 218 g/mol. The van der Waals surface area contributed by atoms with Crippen LogP contribution >= 0.6 is 0 Å². The lowest BCUT2D eigenvalue weighted by Gasteiger charge is -2.27. The Hall–Kier alpha value is -0.780. The molecule has 90 valence electrons. The van der Waals surface area contributed by atoms with Crippen molar-refractivity contribution in [3.63, 3.8) is 0 Å². The first-order valence-electron chi connectivity index (χ1n) is 6.71. The highest BCUT2D eigenvalue weighted by molar-refractivity contribution is 5.31. The first-order valence-corrected chi connectivity index (χ1v) is 6.71. The van der Waals surface area contributed by atoms with Gasteiger partial charge >= 0.3 is 0 Å². The van der Waals surface area contributed by atoms with Gasteiger partial charge in [-0.1, -0.05) is 49.6 Å². The van der Waals surface area contributed by atoms with E-state index in [0.717, 1.165) is 12.3 Å². The van der Waals surface area contributed by atoms with E-state index in [1.165, 1.54) is 36.8 Å². The number of hydrogen-bond donors (Lipinski definition) is 0. The number of rotatable bonds is 5. The fourth-order valence-corrected chi connectivity index (χ4v) is 1.79. The SMILES string of the molecule is CCC(C)=CC=C(C=C(C)CC)C1CCC1. The molecule has 1 aliphatic carbocycles. The summed E-state index contributed by atoms with van der Waals surface area (Å²) < 4.78 is 0. The molecule has 0 heterocycles. The minimum Gasteiger partial charge on any atom is -0.0736 e. The summed E-state index contributed by atoms with van der Waals surface area (Å²) in [6.45, 7) is 8.90. The molecule has 1 saturated carbocycles. The molecule has 0 saturated heterocycles. The van der Waals surface area contributed by atoms with Crippen LogP contribution in [-0.4, -0.2) is 0 Å². The van der Waals surface area contributed by atoms with Gasteiger partial charge in [0, 0.05) is 0 Å². The molecule has 0 nitrogen and oxygen atoms in total. The summed E-state index contributed by atoms with van der Waals surface area (Å²) in [6, 6.07) is 0. The standard InChI is InChI=1S/C16H26/c1-5-13(3)10-11-16(12-14(4)6-2)15-8-7-9-15/h10-12,15H,5-9H2,1-4H3. The predicted octanol–water partition coefficient (Wildman–Crippen LogP) is 5.43. The summed E-state index contributed by atoms with van der Waals surface area (Å²) >= 11 is 0. The Morgan fingerprint density at radius 2 is 1.62 bits per heavy atom. The van der Waals surface area contributed by atoms with Crippen molar-refractivity contribution in [1.82, 2.24) is 0 Å². The molecule has 16 heavy (non-hydrogen) atoms. The van der Waals surface area contributed by atoms with Crippen molar-refractivity contribution < 1.29 is 0 Å². The molecule has 1 aliphatic rings. The van der Waals surface area contributed by atoms with Crippen molar-refractivity contribution in [2.45, 2.75) is 59.8 Å². The Morgan fingerprint density at radius 3 is 2.06 bits per heavy atom. The van der Waals surface area contributed by atoms with E-state index >= 15 is 0 Å². The Labute approximate surface area is 101 Å². The van der Waals surface area contributed by atoms with Gasteiger partial charge in [0.05, 0.1) is 0 Å². The first-order chi connectivity index (χ1) is 7.67. The molecule has 0 spiro atoms. The van der Waals surface area contributed by atoms with Crippen molar-refractivity contribution in [3.05, 3.63) is 34.9 Å². The van der Waals surface area contributed by atoms with Gasteiger partial charge in [-0.2, -0.15) is 0 Å². The summed E-state index contributed by atoms with van der Waals surface area (Å²) in [5, 5.41) is 0. The van der Waals surface area contributed by atoms with E-state index in [1.807, 2.05) is 0 Å². The van der Waals surface area contributed by atoms with Crippen LogP contribution in [0.25, 0.3) is 0 Å². The lowest BCUT2D eigenvalue weighted by atomic mass is 9.78. The maximum absolute atomic E-state index is 2.41. The van der Waals surface area contributed by atoms with Crippen molar-refractivity contribution >= 4 is 0 Å². The molecular weight excluding hydrogens is 192 g/mol. The first kappa shape index (κ1) is 13.3. The Kier molecular flexibility index (Phi) is 5.59. The van der Waals surface area contributed by atoms with Crippen molar-refractivity contribution in [3.8, 4) is 0 Å². The zero-order valence-corrected chi connectivity index (χ0v) is 11.3. The molecule has 0 radical (unpaired) electrons. The third kappa shape index (κ3) is 4.00. The van der Waals surface area contributed by atoms with Gasteiger partial charge in [-0.15, -0.1) is 0 Å². The number of allylic oxidation sites excluding steroid dienone is 6. The molecule has 0 aromatic heterocycles. The van der Waals surface area contributed by atoms with E-state index < -0.39 is 0 Å². The fourth-order valence-electron chi connectivity index (χ4n) is 1.79. The van der Waals surface area contributed by atoms with Gasteiger partial charge in [0.15, 0.2) is 0 Å². The lowest BCUT2D eigenvalue weighted by molar-refractivity contribution is 0.374. The highest BCUT2D eigenvalue weighted by atomic mass is 14.2. The molecule has 0 aromatic carbocycles. The third-order valence-corrected chi connectivity index (χ3v) is 3.67. The highest BCUT2D eigenvalue weighted by Crippen LogP contribution is 2.34. The van der Waals surface area contributed by atoms with Crippen LogP contribution < -0.4 is 0 Å². The van der Waals surface area contributed by atoms with E-state index in [4.69, 9.17) is 0 Å². The monoisotopic (exact) mass is 218 g/mol. The second-order valence-electron chi connectivity index (χ2n) is 5.01. The molecule has 0 bridgehead atoms. The van der Waals surface area contributed by atoms with Crippen molar-refractivity contribution in [2.75, 3.05) is 0 Å².